The lowest BCUT2D eigenvalue weighted by molar-refractivity contribution is 0.0966. The van der Waals surface area contributed by atoms with Gasteiger partial charge >= 0.3 is 0 Å². The molecule has 23 heavy (non-hydrogen) atoms. The number of carbonyl (C=O) groups excluding carboxylic acids is 1. The molecule has 0 aliphatic carbocycles. The zero-order valence-electron chi connectivity index (χ0n) is 13.4. The highest BCUT2D eigenvalue weighted by Gasteiger charge is 2.19. The van der Waals surface area contributed by atoms with Crippen molar-refractivity contribution in [1.82, 2.24) is 10.2 Å². The van der Waals surface area contributed by atoms with Crippen LogP contribution in [0.1, 0.15) is 15.9 Å². The van der Waals surface area contributed by atoms with Crippen molar-refractivity contribution in [1.29, 1.82) is 0 Å². The maximum absolute atomic E-state index is 11.8. The van der Waals surface area contributed by atoms with Crippen molar-refractivity contribution in [3.63, 3.8) is 0 Å². The molecule has 2 aliphatic rings. The summed E-state index contributed by atoms with van der Waals surface area (Å²) in [6, 6.07) is 14.8. The van der Waals surface area contributed by atoms with E-state index in [1.807, 2.05) is 6.07 Å². The number of carbonyl (C=O) groups is 1. The fourth-order valence-corrected chi connectivity index (χ4v) is 3.32. The van der Waals surface area contributed by atoms with E-state index in [0.717, 1.165) is 48.4 Å². The van der Waals surface area contributed by atoms with Crippen molar-refractivity contribution in [2.24, 2.45) is 0 Å². The van der Waals surface area contributed by atoms with E-state index in [-0.39, 0.29) is 5.91 Å². The molecular formula is C19H21N3O. The van der Waals surface area contributed by atoms with E-state index >= 15 is 0 Å². The Kier molecular flexibility index (Phi) is 3.54. The van der Waals surface area contributed by atoms with Crippen molar-refractivity contribution in [2.75, 3.05) is 38.1 Å². The van der Waals surface area contributed by atoms with Crippen molar-refractivity contribution < 1.29 is 4.79 Å². The lowest BCUT2D eigenvalue weighted by Gasteiger charge is -2.34. The van der Waals surface area contributed by atoms with Crippen molar-refractivity contribution in [3.8, 4) is 11.1 Å². The molecule has 4 heteroatoms. The van der Waals surface area contributed by atoms with Crippen LogP contribution in [0.15, 0.2) is 42.5 Å². The average Bonchev–Trinajstić information content (AvgIpc) is 2.96. The second-order valence-electron chi connectivity index (χ2n) is 6.39. The first-order chi connectivity index (χ1) is 11.2. The number of fused-ring (bicyclic) bond motifs is 1. The molecule has 4 nitrogen and oxygen atoms in total. The van der Waals surface area contributed by atoms with Gasteiger partial charge in [0.2, 0.25) is 0 Å². The standard InChI is InChI=1S/C19H21N3O/c1-21-8-10-22(11-9-21)17-6-4-14(5-7-17)15-2-3-16-13-20-19(23)18(16)12-15/h2-7,12H,8-11,13H2,1H3,(H,20,23). The van der Waals surface area contributed by atoms with E-state index in [2.05, 4.69) is 58.6 Å². The lowest BCUT2D eigenvalue weighted by atomic mass is 10.00. The SMILES string of the molecule is CN1CCN(c2ccc(-c3ccc4c(c3)C(=O)NC4)cc2)CC1. The zero-order chi connectivity index (χ0) is 15.8. The summed E-state index contributed by atoms with van der Waals surface area (Å²) < 4.78 is 0. The second kappa shape index (κ2) is 5.70. The van der Waals surface area contributed by atoms with Crippen LogP contribution in [0.5, 0.6) is 0 Å². The van der Waals surface area contributed by atoms with Gasteiger partial charge in [-0.05, 0) is 41.9 Å². The van der Waals surface area contributed by atoms with E-state index in [1.165, 1.54) is 5.69 Å². The summed E-state index contributed by atoms with van der Waals surface area (Å²) in [5, 5.41) is 2.87. The van der Waals surface area contributed by atoms with Gasteiger partial charge in [-0.25, -0.2) is 0 Å². The number of amides is 1. The molecule has 0 radical (unpaired) electrons. The second-order valence-corrected chi connectivity index (χ2v) is 6.39. The smallest absolute Gasteiger partial charge is 0.251 e. The quantitative estimate of drug-likeness (QED) is 0.925. The third-order valence-electron chi connectivity index (χ3n) is 4.86. The van der Waals surface area contributed by atoms with Crippen LogP contribution in [-0.2, 0) is 6.54 Å². The van der Waals surface area contributed by atoms with Gasteiger partial charge in [-0.1, -0.05) is 24.3 Å². The first kappa shape index (κ1) is 14.3. The minimum Gasteiger partial charge on any atom is -0.369 e. The Morgan fingerprint density at radius 3 is 2.35 bits per heavy atom. The normalized spacial score (nSPS) is 18.0. The van der Waals surface area contributed by atoms with Gasteiger partial charge in [-0.15, -0.1) is 0 Å². The van der Waals surface area contributed by atoms with Crippen LogP contribution >= 0.6 is 0 Å². The van der Waals surface area contributed by atoms with Crippen LogP contribution in [-0.4, -0.2) is 44.0 Å². The largest absolute Gasteiger partial charge is 0.369 e. The molecule has 2 aromatic carbocycles. The predicted molar refractivity (Wildman–Crippen MR) is 92.8 cm³/mol. The van der Waals surface area contributed by atoms with Gasteiger partial charge < -0.3 is 15.1 Å². The average molecular weight is 307 g/mol. The number of piperazine rings is 1. The van der Waals surface area contributed by atoms with Crippen molar-refractivity contribution in [3.05, 3.63) is 53.6 Å². The monoisotopic (exact) mass is 307 g/mol. The molecule has 1 fully saturated rings. The molecule has 4 rings (SSSR count). The molecule has 0 spiro atoms. The minimum atomic E-state index is 0.0379. The number of hydrogen-bond donors (Lipinski definition) is 1. The molecule has 1 N–H and O–H groups in total. The van der Waals surface area contributed by atoms with E-state index in [0.29, 0.717) is 6.54 Å². The lowest BCUT2D eigenvalue weighted by Crippen LogP contribution is -2.44. The number of rotatable bonds is 2. The van der Waals surface area contributed by atoms with Crippen LogP contribution in [0.2, 0.25) is 0 Å². The Balaban J connectivity index is 1.57. The number of hydrogen-bond acceptors (Lipinski definition) is 3. The van der Waals surface area contributed by atoms with Crippen LogP contribution < -0.4 is 10.2 Å². The third kappa shape index (κ3) is 2.70. The van der Waals surface area contributed by atoms with Gasteiger partial charge in [0.25, 0.3) is 5.91 Å². The fourth-order valence-electron chi connectivity index (χ4n) is 3.32. The topological polar surface area (TPSA) is 35.6 Å². The molecule has 1 saturated heterocycles. The molecule has 0 unspecified atom stereocenters. The van der Waals surface area contributed by atoms with Crippen LogP contribution in [0, 0.1) is 0 Å². The van der Waals surface area contributed by atoms with Gasteiger partial charge in [0.05, 0.1) is 0 Å². The molecule has 0 saturated carbocycles. The van der Waals surface area contributed by atoms with E-state index in [9.17, 15) is 4.79 Å². The Morgan fingerprint density at radius 1 is 0.913 bits per heavy atom. The Morgan fingerprint density at radius 2 is 1.61 bits per heavy atom. The van der Waals surface area contributed by atoms with E-state index < -0.39 is 0 Å². The summed E-state index contributed by atoms with van der Waals surface area (Å²) in [4.78, 5) is 16.6. The number of likely N-dealkylation sites (N-methyl/N-ethyl adjacent to an activating group) is 1. The summed E-state index contributed by atoms with van der Waals surface area (Å²) in [6.07, 6.45) is 0. The summed E-state index contributed by atoms with van der Waals surface area (Å²) in [7, 11) is 2.17. The highest BCUT2D eigenvalue weighted by atomic mass is 16.1. The molecule has 1 amide bonds. The third-order valence-corrected chi connectivity index (χ3v) is 4.86. The molecular weight excluding hydrogens is 286 g/mol. The van der Waals surface area contributed by atoms with E-state index in [4.69, 9.17) is 0 Å². The molecule has 0 bridgehead atoms. The Bertz CT molecular complexity index is 731. The first-order valence-electron chi connectivity index (χ1n) is 8.16. The van der Waals surface area contributed by atoms with Crippen molar-refractivity contribution >= 4 is 11.6 Å². The Hall–Kier alpha value is -2.33. The summed E-state index contributed by atoms with van der Waals surface area (Å²) in [6.45, 7) is 5.03. The van der Waals surface area contributed by atoms with Gasteiger partial charge in [-0.3, -0.25) is 4.79 Å². The maximum Gasteiger partial charge on any atom is 0.251 e. The fraction of sp³-hybridized carbons (Fsp3) is 0.316. The highest BCUT2D eigenvalue weighted by Crippen LogP contribution is 2.27. The maximum atomic E-state index is 11.8. The summed E-state index contributed by atoms with van der Waals surface area (Å²) in [5.41, 5.74) is 5.44. The number of benzene rings is 2. The molecule has 0 atom stereocenters. The van der Waals surface area contributed by atoms with Crippen molar-refractivity contribution in [2.45, 2.75) is 6.54 Å². The molecule has 0 aromatic heterocycles. The van der Waals surface area contributed by atoms with Crippen LogP contribution in [0.3, 0.4) is 0 Å². The Labute approximate surface area is 136 Å². The van der Waals surface area contributed by atoms with Gasteiger partial charge in [0, 0.05) is 44.0 Å². The molecule has 118 valence electrons. The van der Waals surface area contributed by atoms with Crippen LogP contribution in [0.25, 0.3) is 11.1 Å². The predicted octanol–water partition coefficient (Wildman–Crippen LogP) is 2.35. The van der Waals surface area contributed by atoms with Gasteiger partial charge in [0.15, 0.2) is 0 Å². The first-order valence-corrected chi connectivity index (χ1v) is 8.16. The molecule has 2 aromatic rings. The molecule has 2 aliphatic heterocycles. The zero-order valence-corrected chi connectivity index (χ0v) is 13.4. The van der Waals surface area contributed by atoms with Gasteiger partial charge in [0.1, 0.15) is 0 Å². The number of nitrogens with one attached hydrogen (secondary N) is 1. The van der Waals surface area contributed by atoms with Crippen LogP contribution in [0.4, 0.5) is 5.69 Å². The summed E-state index contributed by atoms with van der Waals surface area (Å²) in [5.74, 6) is 0.0379. The number of nitrogens with zero attached hydrogens (tertiary/aromatic N) is 2. The van der Waals surface area contributed by atoms with E-state index in [1.54, 1.807) is 0 Å². The van der Waals surface area contributed by atoms with Gasteiger partial charge in [-0.2, -0.15) is 0 Å². The summed E-state index contributed by atoms with van der Waals surface area (Å²) >= 11 is 0. The molecule has 2 heterocycles. The minimum absolute atomic E-state index is 0.0379. The highest BCUT2D eigenvalue weighted by molar-refractivity contribution is 5.99. The number of anilines is 1.